The number of nitrogens with zero attached hydrogens (tertiary/aromatic N) is 1. The summed E-state index contributed by atoms with van der Waals surface area (Å²) in [5, 5.41) is 0.155. The van der Waals surface area contributed by atoms with E-state index in [0.717, 1.165) is 12.8 Å². The SMILES string of the molecule is C[C@H](O[Si](C)(C)C(C)(C)C)[C@H]1CCC=CN1C(=O)OC(C)(C)C. The first-order chi connectivity index (χ1) is 10.2. The fourth-order valence-corrected chi connectivity index (χ4v) is 3.84. The summed E-state index contributed by atoms with van der Waals surface area (Å²) in [6.07, 6.45) is 5.46. The lowest BCUT2D eigenvalue weighted by atomic mass is 10.0. The lowest BCUT2D eigenvalue weighted by Crippen LogP contribution is -2.52. The van der Waals surface area contributed by atoms with Gasteiger partial charge in [-0.1, -0.05) is 26.8 Å². The van der Waals surface area contributed by atoms with Gasteiger partial charge in [0.15, 0.2) is 8.32 Å². The highest BCUT2D eigenvalue weighted by atomic mass is 28.4. The quantitative estimate of drug-likeness (QED) is 0.653. The number of amides is 1. The number of carbonyl (C=O) groups is 1. The molecule has 0 fully saturated rings. The maximum atomic E-state index is 12.5. The lowest BCUT2D eigenvalue weighted by molar-refractivity contribution is 0.00998. The van der Waals surface area contributed by atoms with Gasteiger partial charge in [-0.3, -0.25) is 4.90 Å². The van der Waals surface area contributed by atoms with Crippen molar-refractivity contribution in [1.29, 1.82) is 0 Å². The van der Waals surface area contributed by atoms with Crippen LogP contribution in [0, 0.1) is 0 Å². The topological polar surface area (TPSA) is 38.8 Å². The van der Waals surface area contributed by atoms with Gasteiger partial charge in [-0.15, -0.1) is 0 Å². The van der Waals surface area contributed by atoms with Crippen LogP contribution in [0.2, 0.25) is 18.1 Å². The van der Waals surface area contributed by atoms with Crippen LogP contribution in [0.3, 0.4) is 0 Å². The zero-order chi connectivity index (χ0) is 18.1. The smallest absolute Gasteiger partial charge is 0.414 e. The second kappa shape index (κ2) is 6.97. The van der Waals surface area contributed by atoms with Crippen LogP contribution in [0.25, 0.3) is 0 Å². The van der Waals surface area contributed by atoms with Gasteiger partial charge in [-0.2, -0.15) is 0 Å². The molecule has 5 heteroatoms. The van der Waals surface area contributed by atoms with Crippen LogP contribution in [-0.4, -0.2) is 37.1 Å². The van der Waals surface area contributed by atoms with Crippen molar-refractivity contribution in [3.8, 4) is 0 Å². The summed E-state index contributed by atoms with van der Waals surface area (Å²) in [6, 6.07) is 0.0315. The summed E-state index contributed by atoms with van der Waals surface area (Å²) in [7, 11) is -1.87. The van der Waals surface area contributed by atoms with Gasteiger partial charge in [0.2, 0.25) is 0 Å². The molecule has 1 aliphatic rings. The summed E-state index contributed by atoms with van der Waals surface area (Å²) in [6.45, 7) is 19.0. The Morgan fingerprint density at radius 3 is 2.26 bits per heavy atom. The summed E-state index contributed by atoms with van der Waals surface area (Å²) in [5.41, 5.74) is -0.490. The van der Waals surface area contributed by atoms with E-state index in [4.69, 9.17) is 9.16 Å². The second-order valence-corrected chi connectivity index (χ2v) is 13.8. The molecule has 0 N–H and O–H groups in total. The molecule has 4 nitrogen and oxygen atoms in total. The highest BCUT2D eigenvalue weighted by Gasteiger charge is 2.41. The van der Waals surface area contributed by atoms with Crippen LogP contribution in [-0.2, 0) is 9.16 Å². The molecular formula is C18H35NO3Si. The molecule has 0 saturated heterocycles. The number of allylic oxidation sites excluding steroid dienone is 1. The molecule has 0 spiro atoms. The molecule has 1 rings (SSSR count). The van der Waals surface area contributed by atoms with E-state index < -0.39 is 13.9 Å². The van der Waals surface area contributed by atoms with E-state index in [1.54, 1.807) is 4.90 Å². The Hall–Kier alpha value is -0.813. The Bertz CT molecular complexity index is 446. The molecular weight excluding hydrogens is 306 g/mol. The van der Waals surface area contributed by atoms with Crippen molar-refractivity contribution >= 4 is 14.4 Å². The molecule has 0 aromatic carbocycles. The van der Waals surface area contributed by atoms with Crippen molar-refractivity contribution in [2.45, 2.75) is 97.2 Å². The molecule has 2 atom stereocenters. The van der Waals surface area contributed by atoms with E-state index in [9.17, 15) is 4.79 Å². The van der Waals surface area contributed by atoms with E-state index in [1.165, 1.54) is 0 Å². The fraction of sp³-hybridized carbons (Fsp3) is 0.833. The minimum atomic E-state index is -1.87. The molecule has 0 unspecified atom stereocenters. The van der Waals surface area contributed by atoms with Crippen LogP contribution in [0.1, 0.15) is 61.3 Å². The van der Waals surface area contributed by atoms with E-state index in [1.807, 2.05) is 33.0 Å². The third-order valence-electron chi connectivity index (χ3n) is 4.69. The predicted octanol–water partition coefficient (Wildman–Crippen LogP) is 5.31. The maximum Gasteiger partial charge on any atom is 0.414 e. The summed E-state index contributed by atoms with van der Waals surface area (Å²) >= 11 is 0. The van der Waals surface area contributed by atoms with Crippen LogP contribution in [0.4, 0.5) is 4.79 Å². The molecule has 0 aliphatic carbocycles. The molecule has 1 aliphatic heterocycles. The maximum absolute atomic E-state index is 12.5. The van der Waals surface area contributed by atoms with E-state index >= 15 is 0 Å². The Morgan fingerprint density at radius 1 is 1.22 bits per heavy atom. The Morgan fingerprint density at radius 2 is 1.78 bits per heavy atom. The Labute approximate surface area is 143 Å². The summed E-state index contributed by atoms with van der Waals surface area (Å²) < 4.78 is 12.1. The van der Waals surface area contributed by atoms with Gasteiger partial charge in [0.1, 0.15) is 5.60 Å². The summed E-state index contributed by atoms with van der Waals surface area (Å²) in [4.78, 5) is 14.2. The first-order valence-electron chi connectivity index (χ1n) is 8.60. The van der Waals surface area contributed by atoms with Crippen molar-refractivity contribution in [2.75, 3.05) is 0 Å². The van der Waals surface area contributed by atoms with Crippen molar-refractivity contribution < 1.29 is 14.0 Å². The first kappa shape index (κ1) is 20.2. The van der Waals surface area contributed by atoms with Crippen molar-refractivity contribution in [2.24, 2.45) is 0 Å². The number of hydrogen-bond acceptors (Lipinski definition) is 3. The van der Waals surface area contributed by atoms with E-state index in [-0.39, 0.29) is 23.3 Å². The largest absolute Gasteiger partial charge is 0.443 e. The molecule has 0 aromatic heterocycles. The molecule has 0 saturated carbocycles. The minimum absolute atomic E-state index is 0.00615. The minimum Gasteiger partial charge on any atom is -0.443 e. The van der Waals surface area contributed by atoms with Gasteiger partial charge < -0.3 is 9.16 Å². The Kier molecular flexibility index (Phi) is 6.13. The number of carbonyl (C=O) groups excluding carboxylic acids is 1. The molecule has 0 bridgehead atoms. The number of ether oxygens (including phenoxy) is 1. The van der Waals surface area contributed by atoms with Crippen LogP contribution in [0.15, 0.2) is 12.3 Å². The molecule has 0 aromatic rings. The highest BCUT2D eigenvalue weighted by molar-refractivity contribution is 6.74. The standard InChI is InChI=1S/C18H35NO3Si/c1-14(22-23(8,9)18(5,6)7)15-12-10-11-13-19(15)16(20)21-17(2,3)4/h11,13-15H,10,12H2,1-9H3/t14-,15+/m0/s1. The fourth-order valence-electron chi connectivity index (χ4n) is 2.40. The van der Waals surface area contributed by atoms with Crippen LogP contribution in [0.5, 0.6) is 0 Å². The highest BCUT2D eigenvalue weighted by Crippen LogP contribution is 2.38. The molecule has 0 radical (unpaired) electrons. The molecule has 1 heterocycles. The lowest BCUT2D eigenvalue weighted by Gasteiger charge is -2.43. The van der Waals surface area contributed by atoms with Gasteiger partial charge in [-0.05, 0) is 58.7 Å². The van der Waals surface area contributed by atoms with Gasteiger partial charge in [0.25, 0.3) is 0 Å². The average molecular weight is 342 g/mol. The van der Waals surface area contributed by atoms with Crippen molar-refractivity contribution in [1.82, 2.24) is 4.90 Å². The van der Waals surface area contributed by atoms with Gasteiger partial charge >= 0.3 is 6.09 Å². The van der Waals surface area contributed by atoms with E-state index in [2.05, 4.69) is 40.8 Å². The predicted molar refractivity (Wildman–Crippen MR) is 98.0 cm³/mol. The zero-order valence-corrected chi connectivity index (χ0v) is 17.4. The second-order valence-electron chi connectivity index (χ2n) is 9.00. The Balaban J connectivity index is 2.87. The average Bonchev–Trinajstić information content (AvgIpc) is 2.34. The number of rotatable bonds is 3. The van der Waals surface area contributed by atoms with Crippen LogP contribution >= 0.6 is 0 Å². The summed E-state index contributed by atoms with van der Waals surface area (Å²) in [5.74, 6) is 0. The van der Waals surface area contributed by atoms with Crippen molar-refractivity contribution in [3.05, 3.63) is 12.3 Å². The van der Waals surface area contributed by atoms with Gasteiger partial charge in [0, 0.05) is 6.20 Å². The van der Waals surface area contributed by atoms with Gasteiger partial charge in [-0.25, -0.2) is 4.79 Å². The normalized spacial score (nSPS) is 21.3. The molecule has 23 heavy (non-hydrogen) atoms. The third kappa shape index (κ3) is 5.64. The monoisotopic (exact) mass is 341 g/mol. The van der Waals surface area contributed by atoms with Crippen LogP contribution < -0.4 is 0 Å². The van der Waals surface area contributed by atoms with Crippen molar-refractivity contribution in [3.63, 3.8) is 0 Å². The van der Waals surface area contributed by atoms with E-state index in [0.29, 0.717) is 0 Å². The zero-order valence-electron chi connectivity index (χ0n) is 16.4. The van der Waals surface area contributed by atoms with Gasteiger partial charge in [0.05, 0.1) is 12.1 Å². The first-order valence-corrected chi connectivity index (χ1v) is 11.5. The third-order valence-corrected chi connectivity index (χ3v) is 9.26. The number of hydrogen-bond donors (Lipinski definition) is 0. The molecule has 1 amide bonds. The molecule has 134 valence electrons.